The minimum Gasteiger partial charge on any atom is -0.496 e. The third kappa shape index (κ3) is 2.86. The number of ether oxygens (including phenoxy) is 1. The molecule has 4 rings (SSSR count). The second kappa shape index (κ2) is 6.84. The predicted octanol–water partition coefficient (Wildman–Crippen LogP) is 3.43. The average molecular weight is 346 g/mol. The van der Waals surface area contributed by atoms with Crippen LogP contribution in [0, 0.1) is 0 Å². The first-order valence-electron chi connectivity index (χ1n) is 8.39. The van der Waals surface area contributed by atoms with Gasteiger partial charge < -0.3 is 15.0 Å². The van der Waals surface area contributed by atoms with Gasteiger partial charge in [-0.15, -0.1) is 0 Å². The lowest BCUT2D eigenvalue weighted by Gasteiger charge is -2.21. The van der Waals surface area contributed by atoms with Crippen molar-refractivity contribution in [2.24, 2.45) is 0 Å². The van der Waals surface area contributed by atoms with Crippen LogP contribution >= 0.6 is 0 Å². The van der Waals surface area contributed by atoms with Crippen LogP contribution in [0.4, 0.5) is 17.3 Å². The standard InChI is InChI=1S/C20H18N4O2/c1-26-17-9-8-16(23-19(25)14-6-3-2-4-7-14)18-15(17)10-13-24(18)20-21-11-5-12-22-20/h2-9,11-12H,10,13H2,1H3,(H,23,25). The van der Waals surface area contributed by atoms with Gasteiger partial charge in [0.2, 0.25) is 5.95 Å². The number of benzene rings is 2. The van der Waals surface area contributed by atoms with Crippen LogP contribution in [0.5, 0.6) is 5.75 Å². The highest BCUT2D eigenvalue weighted by atomic mass is 16.5. The van der Waals surface area contributed by atoms with Gasteiger partial charge in [0.05, 0.1) is 18.5 Å². The van der Waals surface area contributed by atoms with Gasteiger partial charge in [-0.1, -0.05) is 18.2 Å². The average Bonchev–Trinajstić information content (AvgIpc) is 3.15. The second-order valence-corrected chi connectivity index (χ2v) is 5.91. The van der Waals surface area contributed by atoms with E-state index in [-0.39, 0.29) is 5.91 Å². The molecule has 1 aliphatic rings. The molecule has 1 amide bonds. The van der Waals surface area contributed by atoms with Gasteiger partial charge in [0, 0.05) is 30.1 Å². The lowest BCUT2D eigenvalue weighted by molar-refractivity contribution is 0.102. The normalized spacial score (nSPS) is 12.6. The van der Waals surface area contributed by atoms with Gasteiger partial charge in [0.25, 0.3) is 5.91 Å². The molecule has 26 heavy (non-hydrogen) atoms. The molecule has 3 aromatic rings. The van der Waals surface area contributed by atoms with E-state index in [0.717, 1.165) is 35.7 Å². The molecule has 0 unspecified atom stereocenters. The molecule has 2 aromatic carbocycles. The number of carbonyl (C=O) groups is 1. The van der Waals surface area contributed by atoms with Gasteiger partial charge in [-0.25, -0.2) is 9.97 Å². The van der Waals surface area contributed by atoms with E-state index >= 15 is 0 Å². The molecule has 2 heterocycles. The topological polar surface area (TPSA) is 67.3 Å². The van der Waals surface area contributed by atoms with Crippen LogP contribution in [0.3, 0.4) is 0 Å². The van der Waals surface area contributed by atoms with E-state index in [9.17, 15) is 4.79 Å². The van der Waals surface area contributed by atoms with Gasteiger partial charge in [0.1, 0.15) is 5.75 Å². The monoisotopic (exact) mass is 346 g/mol. The van der Waals surface area contributed by atoms with E-state index in [4.69, 9.17) is 4.74 Å². The number of fused-ring (bicyclic) bond motifs is 1. The van der Waals surface area contributed by atoms with Crippen molar-refractivity contribution in [1.82, 2.24) is 9.97 Å². The van der Waals surface area contributed by atoms with Gasteiger partial charge >= 0.3 is 0 Å². The smallest absolute Gasteiger partial charge is 0.255 e. The first-order chi connectivity index (χ1) is 12.8. The lowest BCUT2D eigenvalue weighted by atomic mass is 10.1. The van der Waals surface area contributed by atoms with E-state index in [1.54, 1.807) is 37.7 Å². The summed E-state index contributed by atoms with van der Waals surface area (Å²) in [4.78, 5) is 23.3. The molecule has 1 aromatic heterocycles. The number of rotatable bonds is 4. The zero-order valence-corrected chi connectivity index (χ0v) is 14.3. The van der Waals surface area contributed by atoms with Gasteiger partial charge in [-0.05, 0) is 36.8 Å². The Morgan fingerprint density at radius 2 is 1.85 bits per heavy atom. The second-order valence-electron chi connectivity index (χ2n) is 5.91. The van der Waals surface area contributed by atoms with Crippen molar-refractivity contribution in [2.45, 2.75) is 6.42 Å². The SMILES string of the molecule is COc1ccc(NC(=O)c2ccccc2)c2c1CCN2c1ncccn1. The van der Waals surface area contributed by atoms with Crippen molar-refractivity contribution < 1.29 is 9.53 Å². The molecule has 0 bridgehead atoms. The molecule has 0 atom stereocenters. The first kappa shape index (κ1) is 16.1. The Balaban J connectivity index is 1.75. The molecule has 130 valence electrons. The molecule has 1 aliphatic heterocycles. The molecule has 0 saturated heterocycles. The fourth-order valence-electron chi connectivity index (χ4n) is 3.21. The summed E-state index contributed by atoms with van der Waals surface area (Å²) in [6.07, 6.45) is 4.22. The highest BCUT2D eigenvalue weighted by molar-refractivity contribution is 6.06. The Kier molecular flexibility index (Phi) is 4.23. The van der Waals surface area contributed by atoms with Crippen molar-refractivity contribution in [3.05, 3.63) is 72.1 Å². The van der Waals surface area contributed by atoms with Crippen LogP contribution < -0.4 is 15.0 Å². The Morgan fingerprint density at radius 3 is 2.58 bits per heavy atom. The van der Waals surface area contributed by atoms with E-state index in [2.05, 4.69) is 15.3 Å². The number of nitrogens with one attached hydrogen (secondary N) is 1. The van der Waals surface area contributed by atoms with Crippen LogP contribution in [-0.4, -0.2) is 29.5 Å². The zero-order valence-electron chi connectivity index (χ0n) is 14.3. The summed E-state index contributed by atoms with van der Waals surface area (Å²) in [6, 6.07) is 14.7. The summed E-state index contributed by atoms with van der Waals surface area (Å²) in [7, 11) is 1.65. The quantitative estimate of drug-likeness (QED) is 0.784. The Morgan fingerprint density at radius 1 is 1.08 bits per heavy atom. The molecule has 1 N–H and O–H groups in total. The number of aromatic nitrogens is 2. The zero-order chi connectivity index (χ0) is 17.9. The summed E-state index contributed by atoms with van der Waals surface area (Å²) in [5, 5.41) is 3.02. The van der Waals surface area contributed by atoms with Crippen molar-refractivity contribution in [1.29, 1.82) is 0 Å². The molecule has 0 spiro atoms. The predicted molar refractivity (Wildman–Crippen MR) is 100 cm³/mol. The molecular weight excluding hydrogens is 328 g/mol. The van der Waals surface area contributed by atoms with E-state index < -0.39 is 0 Å². The number of hydrogen-bond donors (Lipinski definition) is 1. The van der Waals surface area contributed by atoms with Gasteiger partial charge in [0.15, 0.2) is 0 Å². The molecule has 6 nitrogen and oxygen atoms in total. The van der Waals surface area contributed by atoms with E-state index in [0.29, 0.717) is 11.5 Å². The van der Waals surface area contributed by atoms with E-state index in [1.807, 2.05) is 35.2 Å². The lowest BCUT2D eigenvalue weighted by Crippen LogP contribution is -2.19. The number of methoxy groups -OCH3 is 1. The number of anilines is 3. The number of hydrogen-bond acceptors (Lipinski definition) is 5. The summed E-state index contributed by atoms with van der Waals surface area (Å²) in [6.45, 7) is 0.730. The van der Waals surface area contributed by atoms with E-state index in [1.165, 1.54) is 0 Å². The number of carbonyl (C=O) groups excluding carboxylic acids is 1. The van der Waals surface area contributed by atoms with Crippen LogP contribution in [0.25, 0.3) is 0 Å². The Labute approximate surface area is 151 Å². The summed E-state index contributed by atoms with van der Waals surface area (Å²) < 4.78 is 5.51. The molecule has 0 aliphatic carbocycles. The largest absolute Gasteiger partial charge is 0.496 e. The van der Waals surface area contributed by atoms with Gasteiger partial charge in [-0.3, -0.25) is 4.79 Å². The third-order valence-corrected chi connectivity index (χ3v) is 4.39. The maximum atomic E-state index is 12.6. The molecular formula is C20H18N4O2. The molecule has 6 heteroatoms. The Hall–Kier alpha value is -3.41. The summed E-state index contributed by atoms with van der Waals surface area (Å²) in [5.41, 5.74) is 3.27. The number of amides is 1. The Bertz CT molecular complexity index is 929. The van der Waals surface area contributed by atoms with Crippen LogP contribution in [0.15, 0.2) is 60.9 Å². The van der Waals surface area contributed by atoms with Crippen molar-refractivity contribution in [3.8, 4) is 5.75 Å². The fourth-order valence-corrected chi connectivity index (χ4v) is 3.21. The minimum absolute atomic E-state index is 0.154. The van der Waals surface area contributed by atoms with Crippen molar-refractivity contribution in [2.75, 3.05) is 23.9 Å². The maximum Gasteiger partial charge on any atom is 0.255 e. The summed E-state index contributed by atoms with van der Waals surface area (Å²) in [5.74, 6) is 1.25. The van der Waals surface area contributed by atoms with Gasteiger partial charge in [-0.2, -0.15) is 0 Å². The fraction of sp³-hybridized carbons (Fsp3) is 0.150. The first-order valence-corrected chi connectivity index (χ1v) is 8.39. The minimum atomic E-state index is -0.154. The highest BCUT2D eigenvalue weighted by Crippen LogP contribution is 2.43. The van der Waals surface area contributed by atoms with Crippen LogP contribution in [-0.2, 0) is 6.42 Å². The molecule has 0 saturated carbocycles. The molecule has 0 fully saturated rings. The maximum absolute atomic E-state index is 12.6. The molecule has 0 radical (unpaired) electrons. The van der Waals surface area contributed by atoms with Crippen molar-refractivity contribution in [3.63, 3.8) is 0 Å². The van der Waals surface area contributed by atoms with Crippen LogP contribution in [0.1, 0.15) is 15.9 Å². The van der Waals surface area contributed by atoms with Crippen LogP contribution in [0.2, 0.25) is 0 Å². The van der Waals surface area contributed by atoms with Crippen molar-refractivity contribution >= 4 is 23.2 Å². The summed E-state index contributed by atoms with van der Waals surface area (Å²) >= 11 is 0. The highest BCUT2D eigenvalue weighted by Gasteiger charge is 2.29. The third-order valence-electron chi connectivity index (χ3n) is 4.39. The number of nitrogens with zero attached hydrogens (tertiary/aromatic N) is 3.